The van der Waals surface area contributed by atoms with Crippen molar-refractivity contribution in [2.45, 2.75) is 40.0 Å². The van der Waals surface area contributed by atoms with Gasteiger partial charge in [-0.1, -0.05) is 98.3 Å². The number of fused-ring (bicyclic) bond motifs is 1. The Morgan fingerprint density at radius 2 is 1.58 bits per heavy atom. The molecule has 0 nitrogen and oxygen atoms in total. The highest BCUT2D eigenvalue weighted by molar-refractivity contribution is 5.87. The van der Waals surface area contributed by atoms with E-state index in [9.17, 15) is 0 Å². The first kappa shape index (κ1) is 18.0. The summed E-state index contributed by atoms with van der Waals surface area (Å²) >= 11 is 0. The van der Waals surface area contributed by atoms with Crippen molar-refractivity contribution < 1.29 is 0 Å². The minimum atomic E-state index is 0.0807. The lowest BCUT2D eigenvalue weighted by molar-refractivity contribution is 0.653. The molecule has 1 aliphatic rings. The van der Waals surface area contributed by atoms with Crippen LogP contribution in [0.1, 0.15) is 43.0 Å². The Hall–Kier alpha value is -2.34. The zero-order valence-corrected chi connectivity index (χ0v) is 15.6. The number of hydrogen-bond donors (Lipinski definition) is 0. The van der Waals surface area contributed by atoms with E-state index in [1.54, 1.807) is 0 Å². The van der Waals surface area contributed by atoms with Crippen molar-refractivity contribution >= 4 is 5.57 Å². The van der Waals surface area contributed by atoms with Gasteiger partial charge in [-0.05, 0) is 43.0 Å². The van der Waals surface area contributed by atoms with Gasteiger partial charge in [-0.3, -0.25) is 0 Å². The molecule has 0 spiro atoms. The van der Waals surface area contributed by atoms with Gasteiger partial charge in [0.15, 0.2) is 0 Å². The highest BCUT2D eigenvalue weighted by atomic mass is 14.4. The summed E-state index contributed by atoms with van der Waals surface area (Å²) in [4.78, 5) is 0. The molecule has 0 heteroatoms. The second-order valence-corrected chi connectivity index (χ2v) is 6.86. The molecule has 124 valence electrons. The van der Waals surface area contributed by atoms with E-state index in [-0.39, 0.29) is 5.41 Å². The van der Waals surface area contributed by atoms with Crippen LogP contribution in [0, 0.1) is 13.8 Å². The van der Waals surface area contributed by atoms with E-state index in [0.717, 1.165) is 0 Å². The Morgan fingerprint density at radius 1 is 0.917 bits per heavy atom. The molecule has 24 heavy (non-hydrogen) atoms. The fourth-order valence-corrected chi connectivity index (χ4v) is 3.26. The minimum absolute atomic E-state index is 0.0807. The molecule has 0 radical (unpaired) electrons. The molecule has 3 rings (SSSR count). The zero-order valence-electron chi connectivity index (χ0n) is 15.6. The van der Waals surface area contributed by atoms with Gasteiger partial charge in [0, 0.05) is 5.41 Å². The molecule has 0 heterocycles. The summed E-state index contributed by atoms with van der Waals surface area (Å²) in [5.74, 6) is 0. The Labute approximate surface area is 147 Å². The van der Waals surface area contributed by atoms with Crippen LogP contribution in [-0.2, 0) is 5.41 Å². The van der Waals surface area contributed by atoms with Gasteiger partial charge in [-0.15, -0.1) is 0 Å². The SMILES string of the molecule is C=CC1=C(/C=C\C)C(C)(C)c2cc(C)ccc21.Cc1ccccc1. The van der Waals surface area contributed by atoms with Crippen molar-refractivity contribution in [3.63, 3.8) is 0 Å². The summed E-state index contributed by atoms with van der Waals surface area (Å²) in [6.45, 7) is 14.8. The third kappa shape index (κ3) is 3.59. The topological polar surface area (TPSA) is 0 Å². The molecule has 0 fully saturated rings. The van der Waals surface area contributed by atoms with Crippen molar-refractivity contribution in [1.82, 2.24) is 0 Å². The summed E-state index contributed by atoms with van der Waals surface area (Å²) in [6, 6.07) is 17.0. The second-order valence-electron chi connectivity index (χ2n) is 6.86. The Kier molecular flexibility index (Phi) is 5.62. The molecule has 1 aliphatic carbocycles. The van der Waals surface area contributed by atoms with Gasteiger partial charge in [-0.25, -0.2) is 0 Å². The fraction of sp³-hybridized carbons (Fsp3) is 0.250. The summed E-state index contributed by atoms with van der Waals surface area (Å²) in [6.07, 6.45) is 6.31. The number of aryl methyl sites for hydroxylation is 2. The number of allylic oxidation sites excluding steroid dienone is 5. The molecule has 0 saturated heterocycles. The quantitative estimate of drug-likeness (QED) is 0.571. The first-order valence-corrected chi connectivity index (χ1v) is 8.54. The van der Waals surface area contributed by atoms with Gasteiger partial charge in [0.2, 0.25) is 0 Å². The maximum Gasteiger partial charge on any atom is 0.0158 e. The lowest BCUT2D eigenvalue weighted by atomic mass is 9.80. The van der Waals surface area contributed by atoms with Crippen LogP contribution in [0.25, 0.3) is 5.57 Å². The van der Waals surface area contributed by atoms with E-state index < -0.39 is 0 Å². The highest BCUT2D eigenvalue weighted by Gasteiger charge is 2.35. The lowest BCUT2D eigenvalue weighted by Crippen LogP contribution is -2.16. The standard InChI is InChI=1S/C17H20.C7H8/c1-6-8-15-13(7-2)14-10-9-12(3)11-16(14)17(15,4)5;1-7-5-3-2-4-6-7/h6-11H,2H2,1,3-5H3;2-6H,1H3/b8-6-;. The molecular weight excluding hydrogens is 288 g/mol. The van der Waals surface area contributed by atoms with E-state index in [4.69, 9.17) is 0 Å². The summed E-state index contributed by atoms with van der Waals surface area (Å²) in [7, 11) is 0. The molecule has 0 N–H and O–H groups in total. The molecule has 0 aromatic heterocycles. The van der Waals surface area contributed by atoms with Crippen molar-refractivity contribution in [3.8, 4) is 0 Å². The van der Waals surface area contributed by atoms with Crippen LogP contribution in [0.2, 0.25) is 0 Å². The summed E-state index contributed by atoms with van der Waals surface area (Å²) < 4.78 is 0. The van der Waals surface area contributed by atoms with Crippen LogP contribution in [0.5, 0.6) is 0 Å². The minimum Gasteiger partial charge on any atom is -0.0984 e. The van der Waals surface area contributed by atoms with Crippen LogP contribution in [0.3, 0.4) is 0 Å². The number of benzene rings is 2. The van der Waals surface area contributed by atoms with Crippen LogP contribution in [0.15, 0.2) is 78.9 Å². The van der Waals surface area contributed by atoms with E-state index in [1.807, 2.05) is 24.3 Å². The molecule has 0 aliphatic heterocycles. The third-order valence-electron chi connectivity index (χ3n) is 4.58. The molecule has 0 amide bonds. The first-order valence-electron chi connectivity index (χ1n) is 8.54. The van der Waals surface area contributed by atoms with Gasteiger partial charge < -0.3 is 0 Å². The normalized spacial score (nSPS) is 15.0. The van der Waals surface area contributed by atoms with Crippen molar-refractivity contribution in [2.75, 3.05) is 0 Å². The van der Waals surface area contributed by atoms with Crippen molar-refractivity contribution in [2.24, 2.45) is 0 Å². The smallest absolute Gasteiger partial charge is 0.0158 e. The van der Waals surface area contributed by atoms with Crippen LogP contribution in [-0.4, -0.2) is 0 Å². The lowest BCUT2D eigenvalue weighted by Gasteiger charge is -2.23. The van der Waals surface area contributed by atoms with Gasteiger partial charge in [0.05, 0.1) is 0 Å². The maximum atomic E-state index is 3.97. The zero-order chi connectivity index (χ0) is 17.7. The average molecular weight is 316 g/mol. The molecule has 0 saturated carbocycles. The van der Waals surface area contributed by atoms with Crippen LogP contribution < -0.4 is 0 Å². The Balaban J connectivity index is 0.000000249. The summed E-state index contributed by atoms with van der Waals surface area (Å²) in [5.41, 5.74) is 8.13. The van der Waals surface area contributed by atoms with E-state index in [1.165, 1.54) is 33.4 Å². The maximum absolute atomic E-state index is 3.97. The van der Waals surface area contributed by atoms with Gasteiger partial charge in [-0.2, -0.15) is 0 Å². The van der Waals surface area contributed by atoms with E-state index in [0.29, 0.717) is 0 Å². The van der Waals surface area contributed by atoms with E-state index >= 15 is 0 Å². The first-order chi connectivity index (χ1) is 11.4. The molecule has 0 bridgehead atoms. The van der Waals surface area contributed by atoms with Gasteiger partial charge in [0.1, 0.15) is 0 Å². The molecule has 2 aromatic rings. The highest BCUT2D eigenvalue weighted by Crippen LogP contribution is 2.47. The van der Waals surface area contributed by atoms with Crippen LogP contribution in [0.4, 0.5) is 0 Å². The van der Waals surface area contributed by atoms with Crippen molar-refractivity contribution in [3.05, 3.63) is 101 Å². The monoisotopic (exact) mass is 316 g/mol. The predicted octanol–water partition coefficient (Wildman–Crippen LogP) is 6.80. The van der Waals surface area contributed by atoms with Gasteiger partial charge >= 0.3 is 0 Å². The van der Waals surface area contributed by atoms with Crippen LogP contribution >= 0.6 is 0 Å². The molecule has 2 aromatic carbocycles. The second kappa shape index (κ2) is 7.49. The van der Waals surface area contributed by atoms with Gasteiger partial charge in [0.25, 0.3) is 0 Å². The predicted molar refractivity (Wildman–Crippen MR) is 107 cm³/mol. The van der Waals surface area contributed by atoms with Crippen molar-refractivity contribution in [1.29, 1.82) is 0 Å². The fourth-order valence-electron chi connectivity index (χ4n) is 3.26. The molecule has 0 unspecified atom stereocenters. The number of hydrogen-bond acceptors (Lipinski definition) is 0. The number of rotatable bonds is 2. The molecule has 0 atom stereocenters. The summed E-state index contributed by atoms with van der Waals surface area (Å²) in [5, 5.41) is 0. The Bertz CT molecular complexity index is 771. The largest absolute Gasteiger partial charge is 0.0984 e. The third-order valence-corrected chi connectivity index (χ3v) is 4.58. The molecular formula is C24H28. The van der Waals surface area contributed by atoms with E-state index in [2.05, 4.69) is 83.7 Å². The average Bonchev–Trinajstić information content (AvgIpc) is 2.77. The Morgan fingerprint density at radius 3 is 2.08 bits per heavy atom.